The van der Waals surface area contributed by atoms with Gasteiger partial charge in [0.05, 0.1) is 16.9 Å². The first-order valence-corrected chi connectivity index (χ1v) is 11.4. The highest BCUT2D eigenvalue weighted by atomic mass is 32.2. The largest absolute Gasteiger partial charge is 0.491 e. The molecule has 1 atom stereocenters. The lowest BCUT2D eigenvalue weighted by Gasteiger charge is -2.31. The molecule has 0 aliphatic carbocycles. The van der Waals surface area contributed by atoms with Crippen molar-refractivity contribution in [2.75, 3.05) is 13.1 Å². The van der Waals surface area contributed by atoms with Crippen molar-refractivity contribution in [1.82, 2.24) is 9.62 Å². The number of rotatable bonds is 7. The summed E-state index contributed by atoms with van der Waals surface area (Å²) in [5.74, 6) is 0.301. The third kappa shape index (κ3) is 5.58. The van der Waals surface area contributed by atoms with E-state index >= 15 is 0 Å². The second-order valence-electron chi connectivity index (χ2n) is 7.55. The van der Waals surface area contributed by atoms with Gasteiger partial charge >= 0.3 is 0 Å². The molecule has 1 N–H and O–H groups in total. The lowest BCUT2D eigenvalue weighted by molar-refractivity contribution is -0.126. The van der Waals surface area contributed by atoms with E-state index in [1.54, 1.807) is 30.3 Å². The van der Waals surface area contributed by atoms with Gasteiger partial charge in [0.25, 0.3) is 0 Å². The molecule has 2 aromatic rings. The summed E-state index contributed by atoms with van der Waals surface area (Å²) in [5, 5.41) is 2.94. The molecule has 3 rings (SSSR count). The Morgan fingerprint density at radius 3 is 2.66 bits per heavy atom. The minimum absolute atomic E-state index is 0.0830. The van der Waals surface area contributed by atoms with Gasteiger partial charge in [0.1, 0.15) is 5.75 Å². The van der Waals surface area contributed by atoms with Gasteiger partial charge in [-0.3, -0.25) is 4.79 Å². The maximum absolute atomic E-state index is 12.8. The average molecular weight is 417 g/mol. The van der Waals surface area contributed by atoms with Gasteiger partial charge in [-0.25, -0.2) is 8.42 Å². The van der Waals surface area contributed by atoms with Crippen LogP contribution in [0.5, 0.6) is 5.75 Å². The molecule has 0 saturated carbocycles. The molecule has 6 nitrogen and oxygen atoms in total. The standard InChI is InChI=1S/C22H28N2O4S/c1-17(2)28-20-10-6-8-18(14-20)15-23-22(25)19-9-7-13-24(16-19)29(26,27)21-11-4-3-5-12-21/h3-6,8,10-12,14,17,19H,7,9,13,15-16H2,1-2H3,(H,23,25)/t19-/m0/s1. The van der Waals surface area contributed by atoms with Crippen LogP contribution in [-0.2, 0) is 21.4 Å². The molecule has 1 fully saturated rings. The number of nitrogens with zero attached hydrogens (tertiary/aromatic N) is 1. The van der Waals surface area contributed by atoms with Crippen LogP contribution < -0.4 is 10.1 Å². The number of sulfonamides is 1. The lowest BCUT2D eigenvalue weighted by atomic mass is 9.99. The van der Waals surface area contributed by atoms with Crippen LogP contribution >= 0.6 is 0 Å². The molecule has 0 aromatic heterocycles. The first kappa shape index (κ1) is 21.3. The Bertz CT molecular complexity index is 929. The summed E-state index contributed by atoms with van der Waals surface area (Å²) in [6, 6.07) is 16.0. The molecule has 0 unspecified atom stereocenters. The number of carbonyl (C=O) groups is 1. The van der Waals surface area contributed by atoms with Gasteiger partial charge in [0.2, 0.25) is 15.9 Å². The number of carbonyl (C=O) groups excluding carboxylic acids is 1. The van der Waals surface area contributed by atoms with Gasteiger partial charge < -0.3 is 10.1 Å². The number of hydrogen-bond acceptors (Lipinski definition) is 4. The zero-order valence-electron chi connectivity index (χ0n) is 16.9. The molecular weight excluding hydrogens is 388 g/mol. The lowest BCUT2D eigenvalue weighted by Crippen LogP contribution is -2.45. The molecule has 1 aliphatic heterocycles. The third-order valence-electron chi connectivity index (χ3n) is 4.87. The van der Waals surface area contributed by atoms with Crippen LogP contribution in [0.3, 0.4) is 0 Å². The molecule has 29 heavy (non-hydrogen) atoms. The van der Waals surface area contributed by atoms with Crippen molar-refractivity contribution in [2.24, 2.45) is 5.92 Å². The van der Waals surface area contributed by atoms with Crippen LogP contribution in [0.25, 0.3) is 0 Å². The highest BCUT2D eigenvalue weighted by Crippen LogP contribution is 2.24. The summed E-state index contributed by atoms with van der Waals surface area (Å²) >= 11 is 0. The first-order valence-electron chi connectivity index (χ1n) is 9.95. The fourth-order valence-electron chi connectivity index (χ4n) is 3.45. The zero-order valence-corrected chi connectivity index (χ0v) is 17.7. The average Bonchev–Trinajstić information content (AvgIpc) is 2.72. The Morgan fingerprint density at radius 2 is 1.93 bits per heavy atom. The summed E-state index contributed by atoms with van der Waals surface area (Å²) in [7, 11) is -3.58. The Kier molecular flexibility index (Phi) is 6.92. The summed E-state index contributed by atoms with van der Waals surface area (Å²) in [4.78, 5) is 12.9. The smallest absolute Gasteiger partial charge is 0.243 e. The molecule has 1 aliphatic rings. The number of piperidine rings is 1. The molecular formula is C22H28N2O4S. The van der Waals surface area contributed by atoms with Crippen molar-refractivity contribution in [3.05, 3.63) is 60.2 Å². The number of amides is 1. The van der Waals surface area contributed by atoms with Gasteiger partial charge in [-0.05, 0) is 56.5 Å². The topological polar surface area (TPSA) is 75.7 Å². The van der Waals surface area contributed by atoms with Crippen LogP contribution in [0.2, 0.25) is 0 Å². The molecule has 1 heterocycles. The zero-order chi connectivity index (χ0) is 20.9. The second kappa shape index (κ2) is 9.41. The Labute approximate surface area is 172 Å². The van der Waals surface area contributed by atoms with E-state index in [1.807, 2.05) is 38.1 Å². The summed E-state index contributed by atoms with van der Waals surface area (Å²) in [5.41, 5.74) is 0.945. The van der Waals surface area contributed by atoms with Crippen LogP contribution in [0.1, 0.15) is 32.3 Å². The minimum atomic E-state index is -3.58. The van der Waals surface area contributed by atoms with E-state index in [2.05, 4.69) is 5.32 Å². The summed E-state index contributed by atoms with van der Waals surface area (Å²) in [6.45, 7) is 4.96. The van der Waals surface area contributed by atoms with Crippen molar-refractivity contribution in [3.8, 4) is 5.75 Å². The fourth-order valence-corrected chi connectivity index (χ4v) is 5.00. The van der Waals surface area contributed by atoms with Crippen molar-refractivity contribution < 1.29 is 17.9 Å². The predicted molar refractivity (Wildman–Crippen MR) is 112 cm³/mol. The van der Waals surface area contributed by atoms with Crippen LogP contribution in [-0.4, -0.2) is 37.8 Å². The quantitative estimate of drug-likeness (QED) is 0.752. The van der Waals surface area contributed by atoms with E-state index in [0.717, 1.165) is 11.3 Å². The van der Waals surface area contributed by atoms with Gasteiger partial charge in [-0.15, -0.1) is 0 Å². The van der Waals surface area contributed by atoms with Gasteiger partial charge in [0.15, 0.2) is 0 Å². The molecule has 1 amide bonds. The highest BCUT2D eigenvalue weighted by Gasteiger charge is 2.33. The maximum atomic E-state index is 12.8. The maximum Gasteiger partial charge on any atom is 0.243 e. The SMILES string of the molecule is CC(C)Oc1cccc(CNC(=O)[C@H]2CCCN(S(=O)(=O)c3ccccc3)C2)c1. The number of hydrogen-bond donors (Lipinski definition) is 1. The van der Waals surface area contributed by atoms with Crippen LogP contribution in [0, 0.1) is 5.92 Å². The first-order chi connectivity index (χ1) is 13.9. The number of nitrogens with one attached hydrogen (secondary N) is 1. The van der Waals surface area contributed by atoms with Crippen molar-refractivity contribution >= 4 is 15.9 Å². The molecule has 7 heteroatoms. The van der Waals surface area contributed by atoms with Crippen molar-refractivity contribution in [1.29, 1.82) is 0 Å². The van der Waals surface area contributed by atoms with Crippen LogP contribution in [0.15, 0.2) is 59.5 Å². The monoisotopic (exact) mass is 416 g/mol. The summed E-state index contributed by atoms with van der Waals surface area (Å²) in [6.07, 6.45) is 1.44. The normalized spacial score (nSPS) is 17.8. The highest BCUT2D eigenvalue weighted by molar-refractivity contribution is 7.89. The van der Waals surface area contributed by atoms with E-state index in [9.17, 15) is 13.2 Å². The molecule has 1 saturated heterocycles. The summed E-state index contributed by atoms with van der Waals surface area (Å²) < 4.78 is 32.8. The molecule has 0 bridgehead atoms. The number of ether oxygens (including phenoxy) is 1. The van der Waals surface area contributed by atoms with Crippen molar-refractivity contribution in [3.63, 3.8) is 0 Å². The van der Waals surface area contributed by atoms with Gasteiger partial charge in [0, 0.05) is 19.6 Å². The molecule has 0 spiro atoms. The Hall–Kier alpha value is -2.38. The molecule has 2 aromatic carbocycles. The van der Waals surface area contributed by atoms with Gasteiger partial charge in [-0.2, -0.15) is 4.31 Å². The van der Waals surface area contributed by atoms with E-state index < -0.39 is 10.0 Å². The Balaban J connectivity index is 1.60. The minimum Gasteiger partial charge on any atom is -0.491 e. The fraction of sp³-hybridized carbons (Fsp3) is 0.409. The Morgan fingerprint density at radius 1 is 1.17 bits per heavy atom. The molecule has 156 valence electrons. The predicted octanol–water partition coefficient (Wildman–Crippen LogP) is 3.19. The van der Waals surface area contributed by atoms with Crippen molar-refractivity contribution in [2.45, 2.75) is 44.2 Å². The van der Waals surface area contributed by atoms with E-state index in [0.29, 0.717) is 25.9 Å². The molecule has 0 radical (unpaired) electrons. The number of benzene rings is 2. The third-order valence-corrected chi connectivity index (χ3v) is 6.75. The second-order valence-corrected chi connectivity index (χ2v) is 9.49. The van der Waals surface area contributed by atoms with Crippen LogP contribution in [0.4, 0.5) is 0 Å². The van der Waals surface area contributed by atoms with E-state index in [1.165, 1.54) is 4.31 Å². The van der Waals surface area contributed by atoms with Gasteiger partial charge in [-0.1, -0.05) is 30.3 Å². The van der Waals surface area contributed by atoms with E-state index in [4.69, 9.17) is 4.74 Å². The van der Waals surface area contributed by atoms with E-state index in [-0.39, 0.29) is 29.4 Å².